The topological polar surface area (TPSA) is 71.1 Å². The summed E-state index contributed by atoms with van der Waals surface area (Å²) in [6.07, 6.45) is 4.18. The van der Waals surface area contributed by atoms with Crippen molar-refractivity contribution < 1.29 is 40.0 Å². The Morgan fingerprint density at radius 1 is 1.23 bits per heavy atom. The minimum atomic E-state index is -5.73. The lowest BCUT2D eigenvalue weighted by molar-refractivity contribution is -0.129. The zero-order valence-electron chi connectivity index (χ0n) is 11.8. The third-order valence-corrected chi connectivity index (χ3v) is 4.20. The van der Waals surface area contributed by atoms with E-state index in [1.54, 1.807) is 12.2 Å². The molecule has 0 spiro atoms. The first-order chi connectivity index (χ1) is 10.1. The fraction of sp³-hybridized carbons (Fsp3) is 0.667. The summed E-state index contributed by atoms with van der Waals surface area (Å²) in [5.41, 5.74) is -7.76. The standard InChI is InChI=1S/C12H15F3O6S/c1-18-7-10-3-4-11(21-10,8-19-2)6-9(5-10)20-22(16,17)12(13,14)15/h3-5H,6-8H2,1-2H3/t10-,11+/m0/s1. The highest BCUT2D eigenvalue weighted by Gasteiger charge is 2.53. The molecule has 0 unspecified atom stereocenters. The molecule has 0 saturated heterocycles. The average Bonchev–Trinajstić information content (AvgIpc) is 2.60. The van der Waals surface area contributed by atoms with E-state index in [1.165, 1.54) is 20.3 Å². The first kappa shape index (κ1) is 17.3. The van der Waals surface area contributed by atoms with E-state index in [-0.39, 0.29) is 25.4 Å². The van der Waals surface area contributed by atoms with Gasteiger partial charge >= 0.3 is 15.6 Å². The van der Waals surface area contributed by atoms with Gasteiger partial charge in [0.1, 0.15) is 17.0 Å². The smallest absolute Gasteiger partial charge is 0.381 e. The van der Waals surface area contributed by atoms with Gasteiger partial charge < -0.3 is 18.4 Å². The molecule has 6 nitrogen and oxygen atoms in total. The van der Waals surface area contributed by atoms with Gasteiger partial charge in [-0.15, -0.1) is 0 Å². The first-order valence-electron chi connectivity index (χ1n) is 6.18. The van der Waals surface area contributed by atoms with Crippen molar-refractivity contribution in [3.63, 3.8) is 0 Å². The van der Waals surface area contributed by atoms with E-state index in [4.69, 9.17) is 14.2 Å². The van der Waals surface area contributed by atoms with E-state index in [0.717, 1.165) is 0 Å². The van der Waals surface area contributed by atoms with E-state index >= 15 is 0 Å². The third kappa shape index (κ3) is 3.14. The number of ether oxygens (including phenoxy) is 3. The van der Waals surface area contributed by atoms with Crippen LogP contribution >= 0.6 is 0 Å². The average molecular weight is 344 g/mol. The van der Waals surface area contributed by atoms with Crippen molar-refractivity contribution >= 4 is 10.1 Å². The molecule has 0 N–H and O–H groups in total. The Balaban J connectivity index is 2.32. The van der Waals surface area contributed by atoms with Crippen LogP contribution in [-0.2, 0) is 28.5 Å². The van der Waals surface area contributed by atoms with Crippen molar-refractivity contribution in [2.24, 2.45) is 0 Å². The third-order valence-electron chi connectivity index (χ3n) is 3.20. The molecule has 2 bridgehead atoms. The molecular formula is C12H15F3O6S. The second kappa shape index (κ2) is 5.52. The molecule has 0 aromatic heterocycles. The molecule has 0 aromatic rings. The van der Waals surface area contributed by atoms with E-state index in [2.05, 4.69) is 4.18 Å². The number of halogens is 3. The predicted molar refractivity (Wildman–Crippen MR) is 68.2 cm³/mol. The van der Waals surface area contributed by atoms with Crippen molar-refractivity contribution in [1.29, 1.82) is 0 Å². The SMILES string of the molecule is COC[C@]12C=C[C@](COC)(CC(OS(=O)(=O)C(F)(F)F)=C1)O2. The Morgan fingerprint density at radius 3 is 2.41 bits per heavy atom. The highest BCUT2D eigenvalue weighted by atomic mass is 32.2. The lowest BCUT2D eigenvalue weighted by atomic mass is 9.97. The molecule has 2 rings (SSSR count). The van der Waals surface area contributed by atoms with Crippen LogP contribution in [0.2, 0.25) is 0 Å². The molecule has 0 aliphatic carbocycles. The predicted octanol–water partition coefficient (Wildman–Crippen LogP) is 1.50. The molecule has 0 radical (unpaired) electrons. The van der Waals surface area contributed by atoms with Crippen molar-refractivity contribution in [3.05, 3.63) is 24.0 Å². The van der Waals surface area contributed by atoms with Gasteiger partial charge in [0.15, 0.2) is 0 Å². The maximum Gasteiger partial charge on any atom is 0.534 e. The minimum Gasteiger partial charge on any atom is -0.381 e. The lowest BCUT2D eigenvalue weighted by Gasteiger charge is -2.37. The second-order valence-corrected chi connectivity index (χ2v) is 6.63. The Morgan fingerprint density at radius 2 is 1.86 bits per heavy atom. The summed E-state index contributed by atoms with van der Waals surface area (Å²) in [7, 11) is -2.95. The van der Waals surface area contributed by atoms with E-state index in [0.29, 0.717) is 0 Å². The van der Waals surface area contributed by atoms with Crippen LogP contribution in [0.15, 0.2) is 24.0 Å². The largest absolute Gasteiger partial charge is 0.534 e. The van der Waals surface area contributed by atoms with Crippen molar-refractivity contribution in [3.8, 4) is 0 Å². The molecule has 2 atom stereocenters. The molecule has 2 aliphatic rings. The maximum absolute atomic E-state index is 12.4. The van der Waals surface area contributed by atoms with E-state index in [9.17, 15) is 21.6 Å². The first-order valence-corrected chi connectivity index (χ1v) is 7.59. The zero-order chi connectivity index (χ0) is 16.6. The van der Waals surface area contributed by atoms with Crippen molar-refractivity contribution in [2.45, 2.75) is 23.1 Å². The number of rotatable bonds is 6. The van der Waals surface area contributed by atoms with Crippen LogP contribution in [0.1, 0.15) is 6.42 Å². The van der Waals surface area contributed by atoms with Crippen molar-refractivity contribution in [2.75, 3.05) is 27.4 Å². The molecule has 0 amide bonds. The summed E-state index contributed by atoms with van der Waals surface area (Å²) in [6, 6.07) is 0. The van der Waals surface area contributed by atoms with Crippen LogP contribution in [0.3, 0.4) is 0 Å². The Hall–Kier alpha value is -1.10. The fourth-order valence-corrected chi connectivity index (χ4v) is 2.97. The highest BCUT2D eigenvalue weighted by Crippen LogP contribution is 2.44. The van der Waals surface area contributed by atoms with E-state index in [1.807, 2.05) is 0 Å². The Labute approximate surface area is 125 Å². The van der Waals surface area contributed by atoms with Gasteiger partial charge in [0.05, 0.1) is 13.2 Å². The number of hydrogen-bond donors (Lipinski definition) is 0. The van der Waals surface area contributed by atoms with Crippen LogP contribution in [-0.4, -0.2) is 52.6 Å². The lowest BCUT2D eigenvalue weighted by Crippen LogP contribution is -2.46. The quantitative estimate of drug-likeness (QED) is 0.413. The molecule has 126 valence electrons. The summed E-state index contributed by atoms with van der Waals surface area (Å²) >= 11 is 0. The summed E-state index contributed by atoms with van der Waals surface area (Å²) < 4.78 is 79.7. The number of methoxy groups -OCH3 is 2. The number of fused-ring (bicyclic) bond motifs is 2. The summed E-state index contributed by atoms with van der Waals surface area (Å²) in [5.74, 6) is -0.359. The van der Waals surface area contributed by atoms with Gasteiger partial charge in [-0.3, -0.25) is 0 Å². The van der Waals surface area contributed by atoms with Gasteiger partial charge in [0, 0.05) is 20.6 Å². The molecule has 10 heteroatoms. The zero-order valence-corrected chi connectivity index (χ0v) is 12.7. The van der Waals surface area contributed by atoms with Gasteiger partial charge in [-0.25, -0.2) is 0 Å². The highest BCUT2D eigenvalue weighted by molar-refractivity contribution is 7.87. The minimum absolute atomic E-state index is 0.00606. The van der Waals surface area contributed by atoms with Gasteiger partial charge in [-0.1, -0.05) is 6.08 Å². The van der Waals surface area contributed by atoms with Crippen LogP contribution < -0.4 is 0 Å². The van der Waals surface area contributed by atoms with Gasteiger partial charge in [0.2, 0.25) is 0 Å². The Bertz CT molecular complexity index is 596. The number of alkyl halides is 3. The van der Waals surface area contributed by atoms with Gasteiger partial charge in [-0.2, -0.15) is 21.6 Å². The normalized spacial score (nSPS) is 31.2. The molecule has 2 aliphatic heterocycles. The van der Waals surface area contributed by atoms with Crippen LogP contribution in [0.5, 0.6) is 0 Å². The molecule has 2 heterocycles. The maximum atomic E-state index is 12.4. The van der Waals surface area contributed by atoms with E-state index < -0.39 is 26.8 Å². The summed E-state index contributed by atoms with van der Waals surface area (Å²) in [4.78, 5) is 0. The monoisotopic (exact) mass is 344 g/mol. The molecular weight excluding hydrogens is 329 g/mol. The molecule has 0 aromatic carbocycles. The van der Waals surface area contributed by atoms with Crippen LogP contribution in [0.4, 0.5) is 13.2 Å². The number of hydrogen-bond acceptors (Lipinski definition) is 6. The molecule has 0 fully saturated rings. The summed E-state index contributed by atoms with van der Waals surface area (Å²) in [6.45, 7) is 0.0234. The summed E-state index contributed by atoms with van der Waals surface area (Å²) in [5, 5.41) is 0. The second-order valence-electron chi connectivity index (χ2n) is 5.09. The molecule has 22 heavy (non-hydrogen) atoms. The fourth-order valence-electron chi connectivity index (χ4n) is 2.49. The van der Waals surface area contributed by atoms with Crippen LogP contribution in [0, 0.1) is 0 Å². The van der Waals surface area contributed by atoms with Gasteiger partial charge in [-0.05, 0) is 12.2 Å². The van der Waals surface area contributed by atoms with Gasteiger partial charge in [0.25, 0.3) is 0 Å². The van der Waals surface area contributed by atoms with Crippen LogP contribution in [0.25, 0.3) is 0 Å². The Kier molecular flexibility index (Phi) is 4.33. The van der Waals surface area contributed by atoms with Crippen molar-refractivity contribution in [1.82, 2.24) is 0 Å². The molecule has 0 saturated carbocycles.